The van der Waals surface area contributed by atoms with Crippen molar-refractivity contribution in [1.29, 1.82) is 0 Å². The second-order valence-corrected chi connectivity index (χ2v) is 9.39. The van der Waals surface area contributed by atoms with Crippen molar-refractivity contribution >= 4 is 16.0 Å². The second-order valence-electron chi connectivity index (χ2n) is 7.24. The zero-order valence-corrected chi connectivity index (χ0v) is 17.6. The van der Waals surface area contributed by atoms with E-state index in [2.05, 4.69) is 15.2 Å². The van der Waals surface area contributed by atoms with Gasteiger partial charge in [0.1, 0.15) is 6.10 Å². The monoisotopic (exact) mass is 410 g/mol. The maximum Gasteiger partial charge on any atom is 0.242 e. The van der Waals surface area contributed by atoms with Crippen LogP contribution >= 0.6 is 0 Å². The van der Waals surface area contributed by atoms with Crippen molar-refractivity contribution in [3.05, 3.63) is 29.8 Å². The van der Waals surface area contributed by atoms with E-state index >= 15 is 0 Å². The summed E-state index contributed by atoms with van der Waals surface area (Å²) in [7, 11) is 1.42. The first-order chi connectivity index (χ1) is 13.4. The zero-order chi connectivity index (χ0) is 20.1. The van der Waals surface area contributed by atoms with Crippen molar-refractivity contribution in [3.63, 3.8) is 0 Å². The van der Waals surface area contributed by atoms with Gasteiger partial charge < -0.3 is 19.7 Å². The summed E-state index contributed by atoms with van der Waals surface area (Å²) >= 11 is 0. The average Bonchev–Trinajstić information content (AvgIpc) is 3.24. The number of sulfonamides is 1. The smallest absolute Gasteiger partial charge is 0.242 e. The fourth-order valence-corrected chi connectivity index (χ4v) is 4.39. The van der Waals surface area contributed by atoms with E-state index in [0.29, 0.717) is 18.0 Å². The van der Waals surface area contributed by atoms with E-state index in [1.165, 1.54) is 18.4 Å². The summed E-state index contributed by atoms with van der Waals surface area (Å²) in [6.07, 6.45) is 2.39. The van der Waals surface area contributed by atoms with E-state index in [-0.39, 0.29) is 12.2 Å². The van der Waals surface area contributed by atoms with Gasteiger partial charge in [-0.15, -0.1) is 0 Å². The van der Waals surface area contributed by atoms with Gasteiger partial charge in [0.25, 0.3) is 0 Å². The summed E-state index contributed by atoms with van der Waals surface area (Å²) in [6.45, 7) is 3.57. The van der Waals surface area contributed by atoms with Gasteiger partial charge >= 0.3 is 0 Å². The highest BCUT2D eigenvalue weighted by Gasteiger charge is 2.32. The highest BCUT2D eigenvalue weighted by Crippen LogP contribution is 2.21. The number of hydrogen-bond donors (Lipinski definition) is 1. The largest absolute Gasteiger partial charge is 0.375 e. The lowest BCUT2D eigenvalue weighted by Gasteiger charge is -2.37. The zero-order valence-electron chi connectivity index (χ0n) is 16.8. The first-order valence-electron chi connectivity index (χ1n) is 9.62. The van der Waals surface area contributed by atoms with E-state index in [4.69, 9.17) is 9.47 Å². The third-order valence-electron chi connectivity index (χ3n) is 5.14. The summed E-state index contributed by atoms with van der Waals surface area (Å²) in [4.78, 5) is 6.89. The molecule has 9 heteroatoms. The minimum Gasteiger partial charge on any atom is -0.375 e. The number of guanidine groups is 1. The standard InChI is InChI=1S/C19H30N4O4S/c1-20-19(23-10-12-27-18(14-23)17-5-4-11-26-17)21-13-15-6-8-16(9-7-15)28(24,25)22(2)3/h6-9,17-18H,4-5,10-14H2,1-3H3,(H,20,21). The van der Waals surface area contributed by atoms with Gasteiger partial charge in [0.05, 0.1) is 17.6 Å². The third kappa shape index (κ3) is 4.83. The van der Waals surface area contributed by atoms with E-state index in [1.54, 1.807) is 19.2 Å². The first kappa shape index (κ1) is 21.0. The van der Waals surface area contributed by atoms with Crippen LogP contribution in [0, 0.1) is 0 Å². The molecule has 2 unspecified atom stereocenters. The predicted octanol–water partition coefficient (Wildman–Crippen LogP) is 0.892. The molecular formula is C19H30N4O4S. The number of nitrogens with zero attached hydrogens (tertiary/aromatic N) is 3. The van der Waals surface area contributed by atoms with Crippen LogP contribution in [0.25, 0.3) is 0 Å². The molecule has 156 valence electrons. The van der Waals surface area contributed by atoms with Crippen molar-refractivity contribution in [1.82, 2.24) is 14.5 Å². The van der Waals surface area contributed by atoms with Gasteiger partial charge in [0.15, 0.2) is 5.96 Å². The van der Waals surface area contributed by atoms with Crippen LogP contribution in [0.4, 0.5) is 0 Å². The Kier molecular flexibility index (Phi) is 6.92. The minimum absolute atomic E-state index is 0.0744. The normalized spacial score (nSPS) is 24.0. The number of rotatable bonds is 5. The maximum atomic E-state index is 12.2. The molecule has 8 nitrogen and oxygen atoms in total. The lowest BCUT2D eigenvalue weighted by Crippen LogP contribution is -2.53. The molecule has 1 N–H and O–H groups in total. The van der Waals surface area contributed by atoms with Crippen molar-refractivity contribution < 1.29 is 17.9 Å². The molecule has 2 aliphatic heterocycles. The molecule has 1 aromatic carbocycles. The molecule has 2 atom stereocenters. The number of benzene rings is 1. The highest BCUT2D eigenvalue weighted by atomic mass is 32.2. The van der Waals surface area contributed by atoms with Crippen LogP contribution in [0.15, 0.2) is 34.2 Å². The number of nitrogens with one attached hydrogen (secondary N) is 1. The molecule has 3 rings (SSSR count). The van der Waals surface area contributed by atoms with Crippen LogP contribution in [0.3, 0.4) is 0 Å². The fourth-order valence-electron chi connectivity index (χ4n) is 3.49. The van der Waals surface area contributed by atoms with Crippen LogP contribution in [0.2, 0.25) is 0 Å². The minimum atomic E-state index is -3.41. The van der Waals surface area contributed by atoms with Gasteiger partial charge in [0.2, 0.25) is 10.0 Å². The molecule has 0 saturated carbocycles. The number of morpholine rings is 1. The van der Waals surface area contributed by atoms with Gasteiger partial charge in [-0.1, -0.05) is 12.1 Å². The number of aliphatic imine (C=N–C) groups is 1. The Hall–Kier alpha value is -1.68. The molecule has 0 radical (unpaired) electrons. The van der Waals surface area contributed by atoms with Crippen molar-refractivity contribution in [2.24, 2.45) is 4.99 Å². The van der Waals surface area contributed by atoms with E-state index < -0.39 is 10.0 Å². The predicted molar refractivity (Wildman–Crippen MR) is 108 cm³/mol. The average molecular weight is 411 g/mol. The van der Waals surface area contributed by atoms with Gasteiger partial charge in [-0.3, -0.25) is 4.99 Å². The fraction of sp³-hybridized carbons (Fsp3) is 0.632. The van der Waals surface area contributed by atoms with E-state index in [1.807, 2.05) is 12.1 Å². The summed E-state index contributed by atoms with van der Waals surface area (Å²) in [5, 5.41) is 3.37. The molecule has 2 saturated heterocycles. The van der Waals surface area contributed by atoms with Crippen molar-refractivity contribution in [3.8, 4) is 0 Å². The Bertz CT molecular complexity index is 774. The van der Waals surface area contributed by atoms with E-state index in [9.17, 15) is 8.42 Å². The van der Waals surface area contributed by atoms with Gasteiger partial charge in [-0.05, 0) is 30.5 Å². The van der Waals surface area contributed by atoms with Gasteiger partial charge in [0, 0.05) is 47.4 Å². The molecule has 0 amide bonds. The molecule has 2 fully saturated rings. The molecule has 0 spiro atoms. The molecule has 28 heavy (non-hydrogen) atoms. The number of hydrogen-bond acceptors (Lipinski definition) is 5. The lowest BCUT2D eigenvalue weighted by atomic mass is 10.1. The molecular weight excluding hydrogens is 380 g/mol. The summed E-state index contributed by atoms with van der Waals surface area (Å²) in [5.41, 5.74) is 0.989. The van der Waals surface area contributed by atoms with Crippen LogP contribution in [0.5, 0.6) is 0 Å². The number of ether oxygens (including phenoxy) is 2. The Balaban J connectivity index is 1.58. The molecule has 1 aromatic rings. The SMILES string of the molecule is CN=C(NCc1ccc(S(=O)(=O)N(C)C)cc1)N1CCOC(C2CCCO2)C1. The summed E-state index contributed by atoms with van der Waals surface area (Å²) < 4.78 is 37.2. The molecule has 0 bridgehead atoms. The summed E-state index contributed by atoms with van der Waals surface area (Å²) in [5.74, 6) is 0.816. The van der Waals surface area contributed by atoms with Crippen molar-refractivity contribution in [2.75, 3.05) is 47.4 Å². The van der Waals surface area contributed by atoms with Crippen LogP contribution in [-0.2, 0) is 26.0 Å². The first-order valence-corrected chi connectivity index (χ1v) is 11.1. The quantitative estimate of drug-likeness (QED) is 0.573. The molecule has 2 aliphatic rings. The Morgan fingerprint density at radius 2 is 1.93 bits per heavy atom. The topological polar surface area (TPSA) is 83.5 Å². The molecule has 2 heterocycles. The Morgan fingerprint density at radius 1 is 1.21 bits per heavy atom. The second kappa shape index (κ2) is 9.21. The Labute approximate surface area is 167 Å². The highest BCUT2D eigenvalue weighted by molar-refractivity contribution is 7.89. The van der Waals surface area contributed by atoms with E-state index in [0.717, 1.165) is 44.1 Å². The van der Waals surface area contributed by atoms with Crippen LogP contribution < -0.4 is 5.32 Å². The summed E-state index contributed by atoms with van der Waals surface area (Å²) in [6, 6.07) is 6.92. The molecule has 0 aliphatic carbocycles. The van der Waals surface area contributed by atoms with Gasteiger partial charge in [-0.25, -0.2) is 12.7 Å². The lowest BCUT2D eigenvalue weighted by molar-refractivity contribution is -0.0817. The molecule has 0 aromatic heterocycles. The third-order valence-corrected chi connectivity index (χ3v) is 6.97. The van der Waals surface area contributed by atoms with Crippen molar-refractivity contribution in [2.45, 2.75) is 36.5 Å². The van der Waals surface area contributed by atoms with Crippen LogP contribution in [0.1, 0.15) is 18.4 Å². The Morgan fingerprint density at radius 3 is 2.54 bits per heavy atom. The van der Waals surface area contributed by atoms with Crippen LogP contribution in [-0.4, -0.2) is 83.2 Å². The van der Waals surface area contributed by atoms with Gasteiger partial charge in [-0.2, -0.15) is 0 Å². The maximum absolute atomic E-state index is 12.2.